The molecule has 9 heterocycles. The molecule has 10 rings (SSSR count). The van der Waals surface area contributed by atoms with Gasteiger partial charge in [0.25, 0.3) is 17.0 Å². The maximum absolute atomic E-state index is 11.2. The van der Waals surface area contributed by atoms with Gasteiger partial charge in [0, 0.05) is 151 Å². The third-order valence-electron chi connectivity index (χ3n) is 14.5. The Hall–Kier alpha value is -10.1. The van der Waals surface area contributed by atoms with Crippen molar-refractivity contribution < 1.29 is 4.79 Å². The molecule has 0 bridgehead atoms. The Balaban J connectivity index is 0.000000579. The van der Waals surface area contributed by atoms with Gasteiger partial charge in [-0.05, 0) is 83.8 Å². The topological polar surface area (TPSA) is 377 Å². The van der Waals surface area contributed by atoms with Gasteiger partial charge in [-0.3, -0.25) is 53.1 Å². The van der Waals surface area contributed by atoms with Crippen LogP contribution in [0.25, 0.3) is 0 Å². The molecule has 0 aliphatic carbocycles. The number of aromatic amines is 5. The average Bonchev–Trinajstić information content (AvgIpc) is 0.856. The zero-order valence-corrected chi connectivity index (χ0v) is 67.0. The Morgan fingerprint density at radius 1 is 0.635 bits per heavy atom. The summed E-state index contributed by atoms with van der Waals surface area (Å²) < 4.78 is 2.94. The molecule has 0 spiro atoms. The Bertz CT molecular complexity index is 4290. The van der Waals surface area contributed by atoms with Gasteiger partial charge in [-0.15, -0.1) is 0 Å². The van der Waals surface area contributed by atoms with E-state index in [1.54, 1.807) is 43.9 Å². The van der Waals surface area contributed by atoms with E-state index in [4.69, 9.17) is 0 Å². The molecular weight excluding hydrogens is 1390 g/mol. The molecule has 4 aliphatic rings. The van der Waals surface area contributed by atoms with Crippen molar-refractivity contribution in [1.29, 1.82) is 0 Å². The van der Waals surface area contributed by atoms with Crippen molar-refractivity contribution in [2.75, 3.05) is 18.4 Å². The van der Waals surface area contributed by atoms with E-state index in [0.717, 1.165) is 62.8 Å². The van der Waals surface area contributed by atoms with Crippen molar-refractivity contribution in [3.05, 3.63) is 243 Å². The van der Waals surface area contributed by atoms with Crippen LogP contribution in [0.3, 0.4) is 0 Å². The van der Waals surface area contributed by atoms with Gasteiger partial charge in [0.2, 0.25) is 16.4 Å². The molecule has 27 nitrogen and oxygen atoms in total. The lowest BCUT2D eigenvalue weighted by atomic mass is 9.82. The fourth-order valence-corrected chi connectivity index (χ4v) is 8.83. The molecule has 6 aromatic rings. The molecule has 0 saturated carbocycles. The van der Waals surface area contributed by atoms with Crippen LogP contribution in [0.2, 0.25) is 0 Å². The van der Waals surface area contributed by atoms with Crippen LogP contribution in [0.5, 0.6) is 0 Å². The van der Waals surface area contributed by atoms with E-state index < -0.39 is 0 Å². The Labute approximate surface area is 619 Å². The summed E-state index contributed by atoms with van der Waals surface area (Å²) in [7, 11) is 3.08. The number of rotatable bonds is 10. The first-order chi connectivity index (χ1) is 48.3. The van der Waals surface area contributed by atoms with Crippen molar-refractivity contribution in [2.24, 2.45) is 46.8 Å². The fourth-order valence-electron chi connectivity index (χ4n) is 8.43. The van der Waals surface area contributed by atoms with E-state index >= 15 is 0 Å². The number of amides is 1. The summed E-state index contributed by atoms with van der Waals surface area (Å²) in [5, 5.41) is 21.8. The minimum Gasteiger partial charge on any atom is -0.382 e. The van der Waals surface area contributed by atoms with Gasteiger partial charge >= 0.3 is 11.4 Å². The third kappa shape index (κ3) is 34.7. The monoisotopic (exact) mass is 1500 g/mol. The van der Waals surface area contributed by atoms with Crippen LogP contribution < -0.4 is 76.2 Å². The van der Waals surface area contributed by atoms with E-state index in [0.29, 0.717) is 75.4 Å². The number of carbonyl (C=O) groups is 1. The SMILES string of the molecule is C=C1C=CN=C(C(C)C)N1.C=C1C=NC=C(C(C)C)N1.C=C1NC(=O)C=C(C(C)C)N1.CC(C)c1cc(=O)cc[nH]1.CC(C)c1cc(=O)n(C)c(=O)[nH]1.CC(C)c1cccc(=O)[nH]1.CC(C)c1nc(Br)cc(=O)[nH]1.CC(C)c1nn(C)c(=O)[nH]1.CC1=NCC(C)N1.CCNc1c(C(C)(C)C)c(=O)c1=O. The highest BCUT2D eigenvalue weighted by Crippen LogP contribution is 2.25. The summed E-state index contributed by atoms with van der Waals surface area (Å²) in [6, 6.07) is 11.8. The molecule has 0 saturated heterocycles. The molecule has 570 valence electrons. The number of nitrogens with zero attached hydrogens (tertiary/aromatic N) is 7. The van der Waals surface area contributed by atoms with Gasteiger partial charge in [0.15, 0.2) is 5.43 Å². The average molecular weight is 1500 g/mol. The molecule has 0 fully saturated rings. The Kier molecular flexibility index (Phi) is 39.8. The second kappa shape index (κ2) is 45.1. The van der Waals surface area contributed by atoms with Crippen molar-refractivity contribution in [3.8, 4) is 0 Å². The zero-order valence-electron chi connectivity index (χ0n) is 65.4. The maximum atomic E-state index is 11.2. The molecule has 5 aromatic heterocycles. The molecule has 1 aromatic carbocycles. The molecule has 4 aliphatic heterocycles. The third-order valence-corrected chi connectivity index (χ3v) is 14.9. The minimum absolute atomic E-state index is 0.0220. The van der Waals surface area contributed by atoms with Crippen molar-refractivity contribution >= 4 is 45.4 Å². The molecule has 1 atom stereocenters. The summed E-state index contributed by atoms with van der Waals surface area (Å²) in [6.45, 7) is 57.0. The first kappa shape index (κ1) is 91.9. The summed E-state index contributed by atoms with van der Waals surface area (Å²) in [5.41, 5.74) is 5.89. The smallest absolute Gasteiger partial charge is 0.343 e. The van der Waals surface area contributed by atoms with Crippen molar-refractivity contribution in [3.63, 3.8) is 0 Å². The largest absolute Gasteiger partial charge is 0.382 e. The highest BCUT2D eigenvalue weighted by molar-refractivity contribution is 9.10. The number of nitrogens with one attached hydrogen (secondary N) is 11. The van der Waals surface area contributed by atoms with Crippen molar-refractivity contribution in [1.82, 2.24) is 70.8 Å². The number of pyridine rings is 2. The molecule has 11 N–H and O–H groups in total. The number of aliphatic imine (C=N–C) groups is 3. The van der Waals surface area contributed by atoms with E-state index in [9.17, 15) is 43.2 Å². The zero-order chi connectivity index (χ0) is 79.6. The lowest BCUT2D eigenvalue weighted by Crippen LogP contribution is -2.43. The minimum atomic E-state index is -0.369. The number of hydrogen-bond acceptors (Lipinski definition) is 19. The number of H-pyrrole nitrogens is 5. The van der Waals surface area contributed by atoms with Crippen LogP contribution in [-0.4, -0.2) is 87.2 Å². The number of amidine groups is 2. The van der Waals surface area contributed by atoms with Crippen LogP contribution in [0.15, 0.2) is 179 Å². The van der Waals surface area contributed by atoms with E-state index in [-0.39, 0.29) is 73.4 Å². The normalized spacial score (nSPS) is 14.0. The number of anilines is 1. The van der Waals surface area contributed by atoms with Crippen LogP contribution >= 0.6 is 15.9 Å². The molecule has 28 heteroatoms. The highest BCUT2D eigenvalue weighted by Gasteiger charge is 2.29. The highest BCUT2D eigenvalue weighted by atomic mass is 79.9. The molecular formula is C76H115BrN18O9. The van der Waals surface area contributed by atoms with Gasteiger partial charge in [-0.2, -0.15) is 5.10 Å². The lowest BCUT2D eigenvalue weighted by Gasteiger charge is -2.23. The van der Waals surface area contributed by atoms with Crippen molar-refractivity contribution in [2.45, 2.75) is 193 Å². The molecule has 0 radical (unpaired) electrons. The summed E-state index contributed by atoms with van der Waals surface area (Å²) in [6.07, 6.45) is 10.4. The second-order valence-corrected chi connectivity index (χ2v) is 28.7. The molecule has 1 unspecified atom stereocenters. The second-order valence-electron chi connectivity index (χ2n) is 27.9. The van der Waals surface area contributed by atoms with Gasteiger partial charge < -0.3 is 51.8 Å². The fraction of sp³-hybridized carbons (Fsp3) is 0.474. The number of halogens is 1. The Morgan fingerprint density at radius 3 is 1.62 bits per heavy atom. The van der Waals surface area contributed by atoms with Crippen LogP contribution in [0, 0.1) is 17.8 Å². The number of aryl methyl sites for hydroxylation is 1. The number of carbonyl (C=O) groups excluding carboxylic acids is 1. The Morgan fingerprint density at radius 2 is 1.24 bits per heavy atom. The molecule has 1 amide bonds. The van der Waals surface area contributed by atoms with Gasteiger partial charge in [-0.1, -0.05) is 157 Å². The van der Waals surface area contributed by atoms with Gasteiger partial charge in [0.05, 0.1) is 18.1 Å². The first-order valence-electron chi connectivity index (χ1n) is 34.6. The quantitative estimate of drug-likeness (QED) is 0.0448. The number of hydrogen-bond donors (Lipinski definition) is 11. The standard InChI is InChI=1S/C10H15NO2.C8H12N2O2.C8H12N2O.2C8H12N2.2C8H11NO.C7H9BrN2O.C6H11N3O.C5H10N2/c1-5-11-7-6(10(2,3)4)8(12)9(7)13;1-5(2)6-4-7(11)10(3)8(12)9-6;1-5(2)7-4-8(11)10-6(3)9-7;1-6(2)8-5-9-4-7(3)10-8;1-6(2)8-9-5-4-7(3)10-8;1-6(2)8-5-7(10)3-4-9-8;1-6(2)7-4-3-5-8(10)9-7;1-4(2)7-9-5(8)3-6(11)10-7;1-4(2)5-7-6(10)9(3)8-5;1-4-3-6-5(2)7-4/h11H,5H2,1-4H3;4-5H,1-3H3,(H,9,12);4-5,9H,3H2,1-2H3,(H,10,11);4-6,10H,3H2,1-2H3;4-6H,3H2,1-2H3,(H,9,10);2*3-6H,1-2H3,(H,9,10);3-4H,1-2H3,(H,9,10,11);4H,1-3H3,(H,7,8,10);4H,3H2,1-2H3,(H,6,7). The number of allylic oxidation sites excluding steroid dienone is 4. The predicted molar refractivity (Wildman–Crippen MR) is 429 cm³/mol. The van der Waals surface area contributed by atoms with Gasteiger partial charge in [0.1, 0.15) is 27.9 Å². The van der Waals surface area contributed by atoms with Crippen LogP contribution in [0.4, 0.5) is 5.69 Å². The predicted octanol–water partition coefficient (Wildman–Crippen LogP) is 10.5. The van der Waals surface area contributed by atoms with Gasteiger partial charge in [-0.25, -0.2) is 24.2 Å². The van der Waals surface area contributed by atoms with E-state index in [1.165, 1.54) is 36.0 Å². The number of aromatic nitrogens is 9. The van der Waals surface area contributed by atoms with Crippen LogP contribution in [0.1, 0.15) is 216 Å². The first-order valence-corrected chi connectivity index (χ1v) is 35.4. The van der Waals surface area contributed by atoms with E-state index in [1.807, 2.05) is 136 Å². The van der Waals surface area contributed by atoms with Crippen LogP contribution in [-0.2, 0) is 24.3 Å². The summed E-state index contributed by atoms with van der Waals surface area (Å²) in [4.78, 5) is 129. The lowest BCUT2D eigenvalue weighted by molar-refractivity contribution is -0.116. The summed E-state index contributed by atoms with van der Waals surface area (Å²) >= 11 is 3.15. The maximum Gasteiger partial charge on any atom is 0.343 e. The summed E-state index contributed by atoms with van der Waals surface area (Å²) in [5.74, 6) is 6.76. The molecule has 104 heavy (non-hydrogen) atoms. The van der Waals surface area contributed by atoms with E-state index in [2.05, 4.69) is 152 Å².